The Morgan fingerprint density at radius 2 is 1.97 bits per heavy atom. The van der Waals surface area contributed by atoms with Crippen molar-refractivity contribution >= 4 is 21.8 Å². The third kappa shape index (κ3) is 5.75. The highest BCUT2D eigenvalue weighted by Crippen LogP contribution is 2.37. The maximum Gasteiger partial charge on any atom is 0.416 e. The molecule has 1 fully saturated rings. The molecule has 0 bridgehead atoms. The van der Waals surface area contributed by atoms with Gasteiger partial charge in [0.15, 0.2) is 5.84 Å². The van der Waals surface area contributed by atoms with E-state index >= 15 is 0 Å². The van der Waals surface area contributed by atoms with Crippen LogP contribution in [-0.4, -0.2) is 53.8 Å². The number of morpholine rings is 1. The number of aliphatic hydroxyl groups excluding tert-OH is 1. The van der Waals surface area contributed by atoms with Gasteiger partial charge in [-0.3, -0.25) is 0 Å². The maximum absolute atomic E-state index is 13.6. The van der Waals surface area contributed by atoms with E-state index in [-0.39, 0.29) is 24.5 Å². The summed E-state index contributed by atoms with van der Waals surface area (Å²) in [4.78, 5) is 2.10. The Bertz CT molecular complexity index is 1010. The summed E-state index contributed by atoms with van der Waals surface area (Å²) in [5, 5.41) is 16.8. The molecule has 9 heteroatoms. The second-order valence-electron chi connectivity index (χ2n) is 8.51. The predicted molar refractivity (Wildman–Crippen MR) is 131 cm³/mol. The van der Waals surface area contributed by atoms with Gasteiger partial charge in [-0.25, -0.2) is 5.01 Å². The Balaban J connectivity index is 2.12. The average Bonchev–Trinajstić information content (AvgIpc) is 2.81. The summed E-state index contributed by atoms with van der Waals surface area (Å²) in [6, 6.07) is 4.21. The lowest BCUT2D eigenvalue weighted by Crippen LogP contribution is -2.42. The summed E-state index contributed by atoms with van der Waals surface area (Å²) >= 11 is 3.58. The van der Waals surface area contributed by atoms with Gasteiger partial charge in [0, 0.05) is 29.7 Å². The molecular formula is C25H31BrF3N3O2. The quantitative estimate of drug-likeness (QED) is 0.509. The molecular weight excluding hydrogens is 511 g/mol. The number of alkyl halides is 3. The molecule has 1 saturated heterocycles. The first kappa shape index (κ1) is 26.5. The van der Waals surface area contributed by atoms with E-state index in [4.69, 9.17) is 9.84 Å². The number of benzene rings is 1. The summed E-state index contributed by atoms with van der Waals surface area (Å²) < 4.78 is 46.9. The van der Waals surface area contributed by atoms with E-state index in [1.54, 1.807) is 11.1 Å². The highest BCUT2D eigenvalue weighted by molar-refractivity contribution is 9.12. The summed E-state index contributed by atoms with van der Waals surface area (Å²) in [5.41, 5.74) is 1.97. The minimum Gasteiger partial charge on any atom is -0.392 e. The Morgan fingerprint density at radius 1 is 1.29 bits per heavy atom. The second-order valence-corrected chi connectivity index (χ2v) is 9.37. The Labute approximate surface area is 207 Å². The average molecular weight is 542 g/mol. The van der Waals surface area contributed by atoms with Crippen LogP contribution in [0.15, 0.2) is 57.4 Å². The first-order chi connectivity index (χ1) is 16.1. The molecule has 34 heavy (non-hydrogen) atoms. The number of aliphatic hydroxyl groups is 1. The molecule has 3 rings (SSSR count). The lowest BCUT2D eigenvalue weighted by Gasteiger charge is -2.35. The van der Waals surface area contributed by atoms with Crippen LogP contribution in [0.3, 0.4) is 0 Å². The van der Waals surface area contributed by atoms with Crippen LogP contribution in [0.4, 0.5) is 13.2 Å². The molecule has 186 valence electrons. The molecule has 2 heterocycles. The van der Waals surface area contributed by atoms with Crippen molar-refractivity contribution in [1.29, 1.82) is 0 Å². The number of hydrogen-bond donors (Lipinski definition) is 1. The zero-order chi connectivity index (χ0) is 25.0. The lowest BCUT2D eigenvalue weighted by atomic mass is 9.91. The van der Waals surface area contributed by atoms with Crippen LogP contribution < -0.4 is 0 Å². The summed E-state index contributed by atoms with van der Waals surface area (Å²) in [7, 11) is 0. The minimum atomic E-state index is -4.44. The van der Waals surface area contributed by atoms with E-state index in [0.29, 0.717) is 49.1 Å². The molecule has 1 aromatic carbocycles. The smallest absolute Gasteiger partial charge is 0.392 e. The molecule has 0 aromatic heterocycles. The lowest BCUT2D eigenvalue weighted by molar-refractivity contribution is -0.138. The van der Waals surface area contributed by atoms with E-state index in [0.717, 1.165) is 22.5 Å². The van der Waals surface area contributed by atoms with Crippen molar-refractivity contribution in [3.63, 3.8) is 0 Å². The highest BCUT2D eigenvalue weighted by Gasteiger charge is 2.34. The van der Waals surface area contributed by atoms with Gasteiger partial charge in [-0.2, -0.15) is 18.3 Å². The standard InChI is InChI=1S/C25H31BrF3N3O2/c1-5-16(2)20(15-33)23(13-19-7-6-8-21(17(19)3)25(27,28)29)32-18(4)22(26)14-24(30-32)31-9-11-34-12-10-31/h6-8,14,16,33H,4-5,9-13,15H2,1-3H3/b23-20-. The molecule has 1 atom stereocenters. The third-order valence-corrected chi connectivity index (χ3v) is 7.12. The highest BCUT2D eigenvalue weighted by atomic mass is 79.9. The van der Waals surface area contributed by atoms with Gasteiger partial charge in [0.25, 0.3) is 0 Å². The van der Waals surface area contributed by atoms with Crippen LogP contribution in [0.25, 0.3) is 0 Å². The van der Waals surface area contributed by atoms with Gasteiger partial charge in [0.1, 0.15) is 0 Å². The second kappa shape index (κ2) is 11.1. The van der Waals surface area contributed by atoms with Crippen LogP contribution in [0.2, 0.25) is 0 Å². The summed E-state index contributed by atoms with van der Waals surface area (Å²) in [6.45, 7) is 12.0. The van der Waals surface area contributed by atoms with E-state index in [1.807, 2.05) is 19.9 Å². The number of hydrogen-bond acceptors (Lipinski definition) is 5. The number of hydrazone groups is 1. The monoisotopic (exact) mass is 541 g/mol. The topological polar surface area (TPSA) is 48.3 Å². The van der Waals surface area contributed by atoms with Gasteiger partial charge in [0.2, 0.25) is 0 Å². The molecule has 0 radical (unpaired) electrons. The molecule has 5 nitrogen and oxygen atoms in total. The van der Waals surface area contributed by atoms with Gasteiger partial charge >= 0.3 is 6.18 Å². The van der Waals surface area contributed by atoms with Crippen molar-refractivity contribution in [2.75, 3.05) is 32.9 Å². The molecule has 1 unspecified atom stereocenters. The van der Waals surface area contributed by atoms with Crippen molar-refractivity contribution in [3.8, 4) is 0 Å². The summed E-state index contributed by atoms with van der Waals surface area (Å²) in [6.07, 6.45) is -1.62. The van der Waals surface area contributed by atoms with Crippen LogP contribution in [0, 0.1) is 12.8 Å². The maximum atomic E-state index is 13.6. The van der Waals surface area contributed by atoms with Crippen LogP contribution >= 0.6 is 15.9 Å². The van der Waals surface area contributed by atoms with Crippen LogP contribution in [0.5, 0.6) is 0 Å². The van der Waals surface area contributed by atoms with Crippen molar-refractivity contribution in [1.82, 2.24) is 9.91 Å². The van der Waals surface area contributed by atoms with E-state index in [2.05, 4.69) is 27.4 Å². The number of allylic oxidation sites excluding steroid dienone is 2. The number of amidine groups is 1. The molecule has 1 N–H and O–H groups in total. The Morgan fingerprint density at radius 3 is 2.56 bits per heavy atom. The number of nitrogens with zero attached hydrogens (tertiary/aromatic N) is 3. The zero-order valence-electron chi connectivity index (χ0n) is 19.8. The fourth-order valence-corrected chi connectivity index (χ4v) is 4.50. The Kier molecular flexibility index (Phi) is 8.65. The van der Waals surface area contributed by atoms with E-state index < -0.39 is 11.7 Å². The largest absolute Gasteiger partial charge is 0.416 e. The number of rotatable bonds is 6. The van der Waals surface area contributed by atoms with Crippen molar-refractivity contribution < 1.29 is 23.0 Å². The van der Waals surface area contributed by atoms with Crippen molar-refractivity contribution in [2.24, 2.45) is 11.0 Å². The molecule has 0 aliphatic carbocycles. The molecule has 0 spiro atoms. The fourth-order valence-electron chi connectivity index (χ4n) is 4.12. The van der Waals surface area contributed by atoms with Gasteiger partial charge in [-0.15, -0.1) is 0 Å². The first-order valence-electron chi connectivity index (χ1n) is 11.3. The van der Waals surface area contributed by atoms with Gasteiger partial charge in [-0.05, 0) is 64.0 Å². The summed E-state index contributed by atoms with van der Waals surface area (Å²) in [5.74, 6) is 0.716. The first-order valence-corrected chi connectivity index (χ1v) is 12.1. The normalized spacial score (nSPS) is 19.0. The Hall–Kier alpha value is -2.10. The number of ether oxygens (including phenoxy) is 1. The third-order valence-electron chi connectivity index (χ3n) is 6.44. The number of halogens is 4. The van der Waals surface area contributed by atoms with E-state index in [9.17, 15) is 18.3 Å². The van der Waals surface area contributed by atoms with Gasteiger partial charge < -0.3 is 14.7 Å². The molecule has 0 saturated carbocycles. The van der Waals surface area contributed by atoms with E-state index in [1.165, 1.54) is 13.0 Å². The molecule has 1 aromatic rings. The predicted octanol–water partition coefficient (Wildman–Crippen LogP) is 5.60. The van der Waals surface area contributed by atoms with Crippen LogP contribution in [0.1, 0.15) is 37.0 Å². The van der Waals surface area contributed by atoms with Crippen molar-refractivity contribution in [2.45, 2.75) is 39.8 Å². The molecule has 2 aliphatic rings. The molecule has 2 aliphatic heterocycles. The molecule has 0 amide bonds. The zero-order valence-corrected chi connectivity index (χ0v) is 21.3. The van der Waals surface area contributed by atoms with Gasteiger partial charge in [-0.1, -0.05) is 32.6 Å². The SMILES string of the molecule is C=C1C(Br)=CC(N2CCOCC2)=NN1/C(Cc1cccc(C(F)(F)F)c1C)=C(/CO)C(C)CC. The van der Waals surface area contributed by atoms with Gasteiger partial charge in [0.05, 0.1) is 31.1 Å². The fraction of sp³-hybridized carbons (Fsp3) is 0.480. The van der Waals surface area contributed by atoms with Crippen LogP contribution in [-0.2, 0) is 17.3 Å². The van der Waals surface area contributed by atoms with Crippen molar-refractivity contribution in [3.05, 3.63) is 69.0 Å². The minimum absolute atomic E-state index is 0.00521.